The molecule has 0 radical (unpaired) electrons. The van der Waals surface area contributed by atoms with Gasteiger partial charge in [0.2, 0.25) is 0 Å². The smallest absolute Gasteiger partial charge is 0.270 e. The zero-order valence-corrected chi connectivity index (χ0v) is 13.8. The van der Waals surface area contributed by atoms with Crippen molar-refractivity contribution in [1.29, 1.82) is 0 Å². The molecule has 0 saturated heterocycles. The number of nitrogens with zero attached hydrogens (tertiary/aromatic N) is 3. The van der Waals surface area contributed by atoms with Gasteiger partial charge in [0.25, 0.3) is 5.91 Å². The van der Waals surface area contributed by atoms with E-state index in [1.165, 1.54) is 0 Å². The van der Waals surface area contributed by atoms with Crippen molar-refractivity contribution < 1.29 is 4.79 Å². The molecule has 2 aromatic rings. The van der Waals surface area contributed by atoms with Crippen molar-refractivity contribution in [2.24, 2.45) is 5.92 Å². The summed E-state index contributed by atoms with van der Waals surface area (Å²) in [4.78, 5) is 24.9. The van der Waals surface area contributed by atoms with E-state index in [4.69, 9.17) is 0 Å². The van der Waals surface area contributed by atoms with Crippen molar-refractivity contribution >= 4 is 11.7 Å². The molecule has 6 heteroatoms. The van der Waals surface area contributed by atoms with Crippen molar-refractivity contribution in [1.82, 2.24) is 20.3 Å². The van der Waals surface area contributed by atoms with Crippen LogP contribution in [-0.4, -0.2) is 27.4 Å². The molecule has 23 heavy (non-hydrogen) atoms. The first-order valence-electron chi connectivity index (χ1n) is 7.82. The first kappa shape index (κ1) is 16.9. The van der Waals surface area contributed by atoms with Crippen LogP contribution in [0.2, 0.25) is 0 Å². The molecule has 0 aliphatic rings. The van der Waals surface area contributed by atoms with Crippen LogP contribution in [0, 0.1) is 12.8 Å². The van der Waals surface area contributed by atoms with E-state index in [1.807, 2.05) is 18.2 Å². The van der Waals surface area contributed by atoms with Crippen LogP contribution in [0.1, 0.15) is 42.3 Å². The number of aryl methyl sites for hydroxylation is 1. The van der Waals surface area contributed by atoms with Crippen LogP contribution in [0.5, 0.6) is 0 Å². The highest BCUT2D eigenvalue weighted by molar-refractivity contribution is 5.92. The molecule has 122 valence electrons. The predicted molar refractivity (Wildman–Crippen MR) is 90.1 cm³/mol. The fraction of sp³-hybridized carbons (Fsp3) is 0.412. The molecule has 0 aliphatic heterocycles. The van der Waals surface area contributed by atoms with Gasteiger partial charge in [0, 0.05) is 18.8 Å². The summed E-state index contributed by atoms with van der Waals surface area (Å²) in [5.41, 5.74) is 1.17. The van der Waals surface area contributed by atoms with Gasteiger partial charge in [0.1, 0.15) is 17.3 Å². The van der Waals surface area contributed by atoms with Crippen LogP contribution in [0.3, 0.4) is 0 Å². The minimum Gasteiger partial charge on any atom is -0.370 e. The Morgan fingerprint density at radius 3 is 2.78 bits per heavy atom. The monoisotopic (exact) mass is 313 g/mol. The van der Waals surface area contributed by atoms with Crippen molar-refractivity contribution in [3.63, 3.8) is 0 Å². The molecule has 0 spiro atoms. The molecule has 1 amide bonds. The van der Waals surface area contributed by atoms with Gasteiger partial charge in [-0.3, -0.25) is 9.78 Å². The van der Waals surface area contributed by atoms with Gasteiger partial charge in [-0.1, -0.05) is 19.9 Å². The summed E-state index contributed by atoms with van der Waals surface area (Å²) in [6, 6.07) is 7.28. The third kappa shape index (κ3) is 5.65. The number of anilines is 1. The molecular formula is C17H23N5O. The van der Waals surface area contributed by atoms with Gasteiger partial charge in [0.15, 0.2) is 0 Å². The van der Waals surface area contributed by atoms with Crippen LogP contribution in [-0.2, 0) is 6.54 Å². The Kier molecular flexibility index (Phi) is 6.02. The molecule has 2 N–H and O–H groups in total. The highest BCUT2D eigenvalue weighted by atomic mass is 16.1. The zero-order valence-electron chi connectivity index (χ0n) is 13.8. The number of amides is 1. The summed E-state index contributed by atoms with van der Waals surface area (Å²) < 4.78 is 0. The standard InChI is InChI=1S/C17H23N5O/c1-12(2)7-9-19-16-10-15(21-13(3)22-16)17(23)20-11-14-6-4-5-8-18-14/h4-6,8,10,12H,7,9,11H2,1-3H3,(H,20,23)(H,19,21,22). The molecule has 0 atom stereocenters. The van der Waals surface area contributed by atoms with Crippen LogP contribution < -0.4 is 10.6 Å². The number of hydrogen-bond acceptors (Lipinski definition) is 5. The number of rotatable bonds is 7. The fourth-order valence-electron chi connectivity index (χ4n) is 2.03. The summed E-state index contributed by atoms with van der Waals surface area (Å²) in [5.74, 6) is 1.64. The Labute approximate surface area is 136 Å². The second-order valence-electron chi connectivity index (χ2n) is 5.80. The largest absolute Gasteiger partial charge is 0.370 e. The maximum atomic E-state index is 12.2. The predicted octanol–water partition coefficient (Wildman–Crippen LogP) is 2.57. The summed E-state index contributed by atoms with van der Waals surface area (Å²) in [7, 11) is 0. The molecule has 0 aliphatic carbocycles. The van der Waals surface area contributed by atoms with Gasteiger partial charge in [0.05, 0.1) is 12.2 Å². The topological polar surface area (TPSA) is 79.8 Å². The maximum Gasteiger partial charge on any atom is 0.270 e. The summed E-state index contributed by atoms with van der Waals surface area (Å²) >= 11 is 0. The zero-order chi connectivity index (χ0) is 16.7. The normalized spacial score (nSPS) is 10.6. The lowest BCUT2D eigenvalue weighted by Crippen LogP contribution is -2.25. The Morgan fingerprint density at radius 2 is 2.09 bits per heavy atom. The second kappa shape index (κ2) is 8.22. The molecule has 0 saturated carbocycles. The van der Waals surface area contributed by atoms with Crippen LogP contribution in [0.4, 0.5) is 5.82 Å². The van der Waals surface area contributed by atoms with Gasteiger partial charge in [-0.2, -0.15) is 0 Å². The van der Waals surface area contributed by atoms with Crippen LogP contribution >= 0.6 is 0 Å². The van der Waals surface area contributed by atoms with Gasteiger partial charge >= 0.3 is 0 Å². The Balaban J connectivity index is 1.97. The van der Waals surface area contributed by atoms with E-state index in [2.05, 4.69) is 39.4 Å². The van der Waals surface area contributed by atoms with E-state index in [0.717, 1.165) is 18.7 Å². The SMILES string of the molecule is Cc1nc(NCCC(C)C)cc(C(=O)NCc2ccccn2)n1. The first-order valence-corrected chi connectivity index (χ1v) is 7.82. The van der Waals surface area contributed by atoms with Gasteiger partial charge in [-0.25, -0.2) is 9.97 Å². The number of nitrogens with one attached hydrogen (secondary N) is 2. The van der Waals surface area contributed by atoms with Crippen molar-refractivity contribution in [3.8, 4) is 0 Å². The molecule has 2 aromatic heterocycles. The molecule has 0 fully saturated rings. The average molecular weight is 313 g/mol. The highest BCUT2D eigenvalue weighted by Crippen LogP contribution is 2.08. The lowest BCUT2D eigenvalue weighted by molar-refractivity contribution is 0.0945. The van der Waals surface area contributed by atoms with Crippen LogP contribution in [0.25, 0.3) is 0 Å². The number of carbonyl (C=O) groups excluding carboxylic acids is 1. The molecular weight excluding hydrogens is 290 g/mol. The molecule has 2 heterocycles. The Bertz CT molecular complexity index is 643. The van der Waals surface area contributed by atoms with E-state index >= 15 is 0 Å². The Hall–Kier alpha value is -2.50. The van der Waals surface area contributed by atoms with Crippen molar-refractivity contribution in [2.75, 3.05) is 11.9 Å². The highest BCUT2D eigenvalue weighted by Gasteiger charge is 2.10. The maximum absolute atomic E-state index is 12.2. The number of hydrogen-bond donors (Lipinski definition) is 2. The number of carbonyl (C=O) groups is 1. The quantitative estimate of drug-likeness (QED) is 0.821. The summed E-state index contributed by atoms with van der Waals surface area (Å²) in [6.45, 7) is 7.32. The lowest BCUT2D eigenvalue weighted by atomic mass is 10.1. The van der Waals surface area contributed by atoms with Gasteiger partial charge in [-0.05, 0) is 31.4 Å². The Morgan fingerprint density at radius 1 is 1.26 bits per heavy atom. The lowest BCUT2D eigenvalue weighted by Gasteiger charge is -2.10. The van der Waals surface area contributed by atoms with E-state index in [1.54, 1.807) is 19.2 Å². The summed E-state index contributed by atoms with van der Waals surface area (Å²) in [6.07, 6.45) is 2.75. The van der Waals surface area contributed by atoms with E-state index < -0.39 is 0 Å². The molecule has 2 rings (SSSR count). The first-order chi connectivity index (χ1) is 11.0. The van der Waals surface area contributed by atoms with Crippen molar-refractivity contribution in [3.05, 3.63) is 47.7 Å². The summed E-state index contributed by atoms with van der Waals surface area (Å²) in [5, 5.41) is 6.07. The number of aromatic nitrogens is 3. The van der Waals surface area contributed by atoms with E-state index in [0.29, 0.717) is 29.8 Å². The molecule has 0 bridgehead atoms. The third-order valence-electron chi connectivity index (χ3n) is 3.25. The van der Waals surface area contributed by atoms with E-state index in [9.17, 15) is 4.79 Å². The minimum absolute atomic E-state index is 0.229. The van der Waals surface area contributed by atoms with Crippen LogP contribution in [0.15, 0.2) is 30.5 Å². The van der Waals surface area contributed by atoms with E-state index in [-0.39, 0.29) is 5.91 Å². The third-order valence-corrected chi connectivity index (χ3v) is 3.25. The molecule has 0 aromatic carbocycles. The number of pyridine rings is 1. The average Bonchev–Trinajstić information content (AvgIpc) is 2.52. The van der Waals surface area contributed by atoms with Gasteiger partial charge in [-0.15, -0.1) is 0 Å². The molecule has 6 nitrogen and oxygen atoms in total. The second-order valence-corrected chi connectivity index (χ2v) is 5.80. The molecule has 0 unspecified atom stereocenters. The minimum atomic E-state index is -0.229. The van der Waals surface area contributed by atoms with Gasteiger partial charge < -0.3 is 10.6 Å². The van der Waals surface area contributed by atoms with Crippen molar-refractivity contribution in [2.45, 2.75) is 33.7 Å². The fourth-order valence-corrected chi connectivity index (χ4v) is 2.03.